The molecule has 54 valence electrons. The summed E-state index contributed by atoms with van der Waals surface area (Å²) in [5.41, 5.74) is 4.94. The van der Waals surface area contributed by atoms with Crippen molar-refractivity contribution < 1.29 is 14.4 Å². The van der Waals surface area contributed by atoms with Crippen LogP contribution in [0.15, 0.2) is 12.2 Å². The minimum atomic E-state index is -0.490. The summed E-state index contributed by atoms with van der Waals surface area (Å²) in [5.74, 6) is -0.981. The maximum absolute atomic E-state index is 10.6. The van der Waals surface area contributed by atoms with Crippen molar-refractivity contribution >= 4 is 11.8 Å². The fourth-order valence-electron chi connectivity index (χ4n) is 0.588. The quantitative estimate of drug-likeness (QED) is 0.386. The molecule has 5 nitrogen and oxygen atoms in total. The molecule has 2 N–H and O–H groups in total. The largest absolute Gasteiger partial charge is 0.306 e. The minimum absolute atomic E-state index is 0.181. The molecule has 0 saturated carbocycles. The lowest BCUT2D eigenvalue weighted by molar-refractivity contribution is -0.185. The van der Waals surface area contributed by atoms with Gasteiger partial charge in [0.2, 0.25) is 0 Å². The Labute approximate surface area is 57.0 Å². The molecule has 0 bridgehead atoms. The van der Waals surface area contributed by atoms with Crippen molar-refractivity contribution in [2.45, 2.75) is 0 Å². The smallest absolute Gasteiger partial charge is 0.278 e. The van der Waals surface area contributed by atoms with Gasteiger partial charge < -0.3 is 5.73 Å². The number of amides is 2. The van der Waals surface area contributed by atoms with Gasteiger partial charge in [-0.1, -0.05) is 0 Å². The van der Waals surface area contributed by atoms with Crippen LogP contribution in [-0.2, 0) is 14.4 Å². The third kappa shape index (κ3) is 1.04. The van der Waals surface area contributed by atoms with Gasteiger partial charge in [0.05, 0.1) is 0 Å². The molecule has 1 heterocycles. The number of carbonyl (C=O) groups excluding carboxylic acids is 2. The molecule has 0 saturated heterocycles. The molecule has 0 aromatic heterocycles. The maximum Gasteiger partial charge on any atom is 0.278 e. The molecular formula is C5H6N2O3. The molecule has 0 radical (unpaired) electrons. The second-order valence-electron chi connectivity index (χ2n) is 1.60. The molecule has 0 aromatic rings. The summed E-state index contributed by atoms with van der Waals surface area (Å²) in [4.78, 5) is 25.7. The summed E-state index contributed by atoms with van der Waals surface area (Å²) in [6.07, 6.45) is 2.25. The fourth-order valence-corrected chi connectivity index (χ4v) is 0.588. The minimum Gasteiger partial charge on any atom is -0.306 e. The van der Waals surface area contributed by atoms with Crippen LogP contribution in [0.5, 0.6) is 0 Å². The van der Waals surface area contributed by atoms with Gasteiger partial charge in [-0.25, -0.2) is 4.84 Å². The number of nitrogens with two attached hydrogens (primary N) is 1. The van der Waals surface area contributed by atoms with Gasteiger partial charge in [0, 0.05) is 12.2 Å². The Morgan fingerprint density at radius 3 is 2.30 bits per heavy atom. The molecule has 5 heteroatoms. The SMILES string of the molecule is NCON1C(=O)C=CC1=O. The Balaban J connectivity index is 2.60. The van der Waals surface area contributed by atoms with Gasteiger partial charge in [-0.2, -0.15) is 0 Å². The van der Waals surface area contributed by atoms with Crippen molar-refractivity contribution in [3.8, 4) is 0 Å². The highest BCUT2D eigenvalue weighted by atomic mass is 16.7. The van der Waals surface area contributed by atoms with E-state index in [1.165, 1.54) is 0 Å². The zero-order chi connectivity index (χ0) is 7.56. The maximum atomic E-state index is 10.6. The Bertz CT molecular complexity index is 181. The van der Waals surface area contributed by atoms with E-state index in [0.29, 0.717) is 5.06 Å². The molecule has 0 fully saturated rings. The average molecular weight is 142 g/mol. The van der Waals surface area contributed by atoms with Gasteiger partial charge in [-0.15, -0.1) is 5.06 Å². The Kier molecular flexibility index (Phi) is 1.79. The molecule has 0 aliphatic carbocycles. The van der Waals surface area contributed by atoms with Crippen molar-refractivity contribution in [1.82, 2.24) is 5.06 Å². The summed E-state index contributed by atoms with van der Waals surface area (Å²) >= 11 is 0. The second kappa shape index (κ2) is 2.59. The lowest BCUT2D eigenvalue weighted by atomic mass is 10.6. The van der Waals surface area contributed by atoms with Gasteiger partial charge in [-0.05, 0) is 0 Å². The lowest BCUT2D eigenvalue weighted by Gasteiger charge is -2.09. The van der Waals surface area contributed by atoms with Gasteiger partial charge in [0.1, 0.15) is 6.73 Å². The van der Waals surface area contributed by atoms with E-state index in [1.807, 2.05) is 0 Å². The van der Waals surface area contributed by atoms with Gasteiger partial charge >= 0.3 is 0 Å². The van der Waals surface area contributed by atoms with E-state index in [-0.39, 0.29) is 6.73 Å². The Morgan fingerprint density at radius 1 is 1.40 bits per heavy atom. The van der Waals surface area contributed by atoms with Crippen molar-refractivity contribution in [2.24, 2.45) is 5.73 Å². The molecule has 1 aliphatic rings. The van der Waals surface area contributed by atoms with E-state index < -0.39 is 11.8 Å². The number of carbonyl (C=O) groups is 2. The summed E-state index contributed by atoms with van der Waals surface area (Å²) in [6, 6.07) is 0. The van der Waals surface area contributed by atoms with Crippen LogP contribution in [0, 0.1) is 0 Å². The molecule has 1 aliphatic heterocycles. The van der Waals surface area contributed by atoms with Crippen LogP contribution >= 0.6 is 0 Å². The number of hydroxylamine groups is 2. The van der Waals surface area contributed by atoms with E-state index in [4.69, 9.17) is 5.73 Å². The highest BCUT2D eigenvalue weighted by Gasteiger charge is 2.23. The molecule has 0 atom stereocenters. The topological polar surface area (TPSA) is 72.6 Å². The van der Waals surface area contributed by atoms with Crippen molar-refractivity contribution in [3.63, 3.8) is 0 Å². The molecular weight excluding hydrogens is 136 g/mol. The number of hydrogen-bond donors (Lipinski definition) is 1. The van der Waals surface area contributed by atoms with Crippen molar-refractivity contribution in [2.75, 3.05) is 6.73 Å². The fraction of sp³-hybridized carbons (Fsp3) is 0.200. The summed E-state index contributed by atoms with van der Waals surface area (Å²) in [5, 5.41) is 0.611. The highest BCUT2D eigenvalue weighted by molar-refractivity contribution is 6.11. The lowest BCUT2D eigenvalue weighted by Crippen LogP contribution is -2.32. The number of hydrogen-bond acceptors (Lipinski definition) is 4. The zero-order valence-corrected chi connectivity index (χ0v) is 5.11. The monoisotopic (exact) mass is 142 g/mol. The molecule has 10 heavy (non-hydrogen) atoms. The normalized spacial score (nSPS) is 17.1. The van der Waals surface area contributed by atoms with E-state index in [2.05, 4.69) is 4.84 Å². The molecule has 2 amide bonds. The van der Waals surface area contributed by atoms with E-state index in [1.54, 1.807) is 0 Å². The van der Waals surface area contributed by atoms with Crippen LogP contribution < -0.4 is 5.73 Å². The predicted octanol–water partition coefficient (Wildman–Crippen LogP) is -1.24. The second-order valence-corrected chi connectivity index (χ2v) is 1.60. The number of imide groups is 1. The first-order valence-electron chi connectivity index (χ1n) is 2.65. The highest BCUT2D eigenvalue weighted by Crippen LogP contribution is 2.02. The van der Waals surface area contributed by atoms with Gasteiger partial charge in [-0.3, -0.25) is 9.59 Å². The molecule has 0 spiro atoms. The molecule has 0 unspecified atom stereocenters. The van der Waals surface area contributed by atoms with Gasteiger partial charge in [0.15, 0.2) is 0 Å². The first-order chi connectivity index (χ1) is 4.75. The predicted molar refractivity (Wildman–Crippen MR) is 31.1 cm³/mol. The standard InChI is InChI=1S/C5H6N2O3/c6-3-10-7-4(8)1-2-5(7)9/h1-2H,3,6H2. The van der Waals surface area contributed by atoms with Crippen LogP contribution in [0.4, 0.5) is 0 Å². The third-order valence-corrected chi connectivity index (χ3v) is 0.972. The van der Waals surface area contributed by atoms with Crippen molar-refractivity contribution in [3.05, 3.63) is 12.2 Å². The first-order valence-corrected chi connectivity index (χ1v) is 2.65. The molecule has 1 rings (SSSR count). The van der Waals surface area contributed by atoms with Crippen LogP contribution in [0.25, 0.3) is 0 Å². The summed E-state index contributed by atoms with van der Waals surface area (Å²) in [7, 11) is 0. The average Bonchev–Trinajstić information content (AvgIpc) is 2.20. The van der Waals surface area contributed by atoms with Crippen LogP contribution in [-0.4, -0.2) is 23.6 Å². The van der Waals surface area contributed by atoms with Crippen LogP contribution in [0.3, 0.4) is 0 Å². The Hall–Kier alpha value is -1.20. The molecule has 0 aromatic carbocycles. The first kappa shape index (κ1) is 6.91. The van der Waals surface area contributed by atoms with Crippen LogP contribution in [0.1, 0.15) is 0 Å². The van der Waals surface area contributed by atoms with Crippen LogP contribution in [0.2, 0.25) is 0 Å². The summed E-state index contributed by atoms with van der Waals surface area (Å²) in [6.45, 7) is -0.181. The van der Waals surface area contributed by atoms with Gasteiger partial charge in [0.25, 0.3) is 11.8 Å². The van der Waals surface area contributed by atoms with E-state index in [9.17, 15) is 9.59 Å². The van der Waals surface area contributed by atoms with E-state index in [0.717, 1.165) is 12.2 Å². The number of nitrogens with zero attached hydrogens (tertiary/aromatic N) is 1. The van der Waals surface area contributed by atoms with Crippen molar-refractivity contribution in [1.29, 1.82) is 0 Å². The Morgan fingerprint density at radius 2 is 1.90 bits per heavy atom. The zero-order valence-electron chi connectivity index (χ0n) is 5.11. The number of rotatable bonds is 2. The van der Waals surface area contributed by atoms with E-state index >= 15 is 0 Å². The third-order valence-electron chi connectivity index (χ3n) is 0.972. The summed E-state index contributed by atoms with van der Waals surface area (Å²) < 4.78 is 0.